The van der Waals surface area contributed by atoms with Crippen molar-refractivity contribution in [2.75, 3.05) is 11.9 Å². The zero-order valence-corrected chi connectivity index (χ0v) is 10.4. The number of rotatable bonds is 2. The molecule has 0 atom stereocenters. The third kappa shape index (κ3) is 2.34. The average molecular weight is 250 g/mol. The Balaban J connectivity index is 2.30. The smallest absolute Gasteiger partial charge is 0.262 e. The molecule has 0 bridgehead atoms. The monoisotopic (exact) mass is 249 g/mol. The van der Waals surface area contributed by atoms with Gasteiger partial charge in [-0.05, 0) is 42.3 Å². The number of nitrogens with zero attached hydrogens (tertiary/aromatic N) is 1. The van der Waals surface area contributed by atoms with Gasteiger partial charge in [0, 0.05) is 12.7 Å². The van der Waals surface area contributed by atoms with Gasteiger partial charge in [-0.2, -0.15) is 0 Å². The van der Waals surface area contributed by atoms with E-state index in [1.165, 1.54) is 6.26 Å². The molecule has 2 rings (SSSR count). The maximum absolute atomic E-state index is 12.1. The molecule has 1 heterocycles. The van der Waals surface area contributed by atoms with Gasteiger partial charge >= 0.3 is 0 Å². The van der Waals surface area contributed by atoms with Crippen molar-refractivity contribution in [2.45, 2.75) is 6.92 Å². The summed E-state index contributed by atoms with van der Waals surface area (Å²) in [6, 6.07) is 9.26. The van der Waals surface area contributed by atoms with E-state index in [0.717, 1.165) is 11.3 Å². The van der Waals surface area contributed by atoms with E-state index in [4.69, 9.17) is 16.0 Å². The molecule has 0 fully saturated rings. The van der Waals surface area contributed by atoms with Crippen molar-refractivity contribution in [3.8, 4) is 0 Å². The molecule has 0 unspecified atom stereocenters. The summed E-state index contributed by atoms with van der Waals surface area (Å²) in [5, 5.41) is 0.120. The van der Waals surface area contributed by atoms with Crippen LogP contribution in [0.15, 0.2) is 41.0 Å². The molecule has 4 heteroatoms. The van der Waals surface area contributed by atoms with Crippen molar-refractivity contribution in [2.24, 2.45) is 0 Å². The minimum atomic E-state index is -0.186. The third-order valence-corrected chi connectivity index (χ3v) is 2.83. The third-order valence-electron chi connectivity index (χ3n) is 2.54. The number of carbonyl (C=O) groups is 1. The molecule has 17 heavy (non-hydrogen) atoms. The first-order valence-electron chi connectivity index (χ1n) is 5.17. The SMILES string of the molecule is Cc1cccc(N(C)C(=O)c2ccoc2Cl)c1. The Morgan fingerprint density at radius 3 is 2.71 bits per heavy atom. The molecule has 1 aromatic carbocycles. The average Bonchev–Trinajstić information content (AvgIpc) is 2.73. The van der Waals surface area contributed by atoms with Gasteiger partial charge in [0.1, 0.15) is 0 Å². The summed E-state index contributed by atoms with van der Waals surface area (Å²) in [6.07, 6.45) is 1.40. The summed E-state index contributed by atoms with van der Waals surface area (Å²) >= 11 is 5.78. The number of amides is 1. The molecular formula is C13H12ClNO2. The van der Waals surface area contributed by atoms with Crippen LogP contribution < -0.4 is 4.90 Å². The van der Waals surface area contributed by atoms with Gasteiger partial charge < -0.3 is 9.32 Å². The maximum atomic E-state index is 12.1. The zero-order valence-electron chi connectivity index (χ0n) is 9.61. The minimum Gasteiger partial charge on any atom is -0.452 e. The van der Waals surface area contributed by atoms with Crippen LogP contribution in [0.3, 0.4) is 0 Å². The van der Waals surface area contributed by atoms with Gasteiger partial charge in [0.2, 0.25) is 5.22 Å². The highest BCUT2D eigenvalue weighted by Gasteiger charge is 2.18. The summed E-state index contributed by atoms with van der Waals surface area (Å²) in [5.41, 5.74) is 2.29. The summed E-state index contributed by atoms with van der Waals surface area (Å²) in [4.78, 5) is 13.7. The molecule has 88 valence electrons. The molecule has 0 aliphatic rings. The maximum Gasteiger partial charge on any atom is 0.262 e. The van der Waals surface area contributed by atoms with Crippen LogP contribution in [0.5, 0.6) is 0 Å². The summed E-state index contributed by atoms with van der Waals surface area (Å²) in [5.74, 6) is -0.186. The predicted octanol–water partition coefficient (Wildman–Crippen LogP) is 3.52. The van der Waals surface area contributed by atoms with Crippen molar-refractivity contribution >= 4 is 23.2 Å². The minimum absolute atomic E-state index is 0.120. The van der Waals surface area contributed by atoms with Gasteiger partial charge in [0.25, 0.3) is 5.91 Å². The fourth-order valence-electron chi connectivity index (χ4n) is 1.58. The molecule has 0 aliphatic carbocycles. The second-order valence-corrected chi connectivity index (χ2v) is 4.15. The Bertz CT molecular complexity index is 548. The fraction of sp³-hybridized carbons (Fsp3) is 0.154. The molecule has 0 spiro atoms. The quantitative estimate of drug-likeness (QED) is 0.816. The largest absolute Gasteiger partial charge is 0.452 e. The first-order valence-corrected chi connectivity index (χ1v) is 5.55. The highest BCUT2D eigenvalue weighted by molar-refractivity contribution is 6.32. The summed E-state index contributed by atoms with van der Waals surface area (Å²) < 4.78 is 4.91. The molecule has 0 radical (unpaired) electrons. The van der Waals surface area contributed by atoms with Gasteiger partial charge in [0.15, 0.2) is 0 Å². The van der Waals surface area contributed by atoms with Crippen molar-refractivity contribution < 1.29 is 9.21 Å². The second-order valence-electron chi connectivity index (χ2n) is 3.81. The Morgan fingerprint density at radius 1 is 1.35 bits per heavy atom. The van der Waals surface area contributed by atoms with E-state index in [-0.39, 0.29) is 11.1 Å². The zero-order chi connectivity index (χ0) is 12.4. The number of carbonyl (C=O) groups excluding carboxylic acids is 1. The van der Waals surface area contributed by atoms with Crippen LogP contribution in [0.1, 0.15) is 15.9 Å². The number of halogens is 1. The highest BCUT2D eigenvalue weighted by Crippen LogP contribution is 2.22. The molecule has 0 N–H and O–H groups in total. The normalized spacial score (nSPS) is 10.3. The van der Waals surface area contributed by atoms with Crippen LogP contribution in [-0.2, 0) is 0 Å². The summed E-state index contributed by atoms with van der Waals surface area (Å²) in [6.45, 7) is 1.98. The fourth-order valence-corrected chi connectivity index (χ4v) is 1.78. The van der Waals surface area contributed by atoms with Crippen molar-refractivity contribution in [3.63, 3.8) is 0 Å². The van der Waals surface area contributed by atoms with E-state index in [9.17, 15) is 4.79 Å². The Morgan fingerprint density at radius 2 is 2.12 bits per heavy atom. The first-order chi connectivity index (χ1) is 8.09. The van der Waals surface area contributed by atoms with E-state index in [2.05, 4.69) is 0 Å². The van der Waals surface area contributed by atoms with E-state index >= 15 is 0 Å². The second kappa shape index (κ2) is 4.63. The molecule has 0 saturated heterocycles. The Labute approximate surface area is 105 Å². The van der Waals surface area contributed by atoms with Crippen LogP contribution >= 0.6 is 11.6 Å². The van der Waals surface area contributed by atoms with Crippen LogP contribution in [0.4, 0.5) is 5.69 Å². The van der Waals surface area contributed by atoms with Crippen LogP contribution in [0.25, 0.3) is 0 Å². The van der Waals surface area contributed by atoms with Crippen LogP contribution in [-0.4, -0.2) is 13.0 Å². The molecule has 3 nitrogen and oxygen atoms in total. The molecule has 1 amide bonds. The van der Waals surface area contributed by atoms with E-state index in [1.54, 1.807) is 18.0 Å². The number of anilines is 1. The van der Waals surface area contributed by atoms with Crippen LogP contribution in [0.2, 0.25) is 5.22 Å². The van der Waals surface area contributed by atoms with E-state index < -0.39 is 0 Å². The van der Waals surface area contributed by atoms with Crippen molar-refractivity contribution in [1.82, 2.24) is 0 Å². The van der Waals surface area contributed by atoms with E-state index in [1.807, 2.05) is 31.2 Å². The molecular weight excluding hydrogens is 238 g/mol. The van der Waals surface area contributed by atoms with Gasteiger partial charge in [-0.15, -0.1) is 0 Å². The lowest BCUT2D eigenvalue weighted by atomic mass is 10.2. The molecule has 2 aromatic rings. The van der Waals surface area contributed by atoms with Crippen LogP contribution in [0, 0.1) is 6.92 Å². The van der Waals surface area contributed by atoms with Gasteiger partial charge in [-0.3, -0.25) is 4.79 Å². The topological polar surface area (TPSA) is 33.5 Å². The summed E-state index contributed by atoms with van der Waals surface area (Å²) in [7, 11) is 1.71. The lowest BCUT2D eigenvalue weighted by molar-refractivity contribution is 0.0992. The highest BCUT2D eigenvalue weighted by atomic mass is 35.5. The molecule has 1 aromatic heterocycles. The first kappa shape index (κ1) is 11.7. The van der Waals surface area contributed by atoms with E-state index in [0.29, 0.717) is 5.56 Å². The standard InChI is InChI=1S/C13H12ClNO2/c1-9-4-3-5-10(8-9)15(2)13(16)11-6-7-17-12(11)14/h3-8H,1-2H3. The predicted molar refractivity (Wildman–Crippen MR) is 67.6 cm³/mol. The molecule has 0 saturated carbocycles. The number of furan rings is 1. The number of hydrogen-bond donors (Lipinski definition) is 0. The number of hydrogen-bond acceptors (Lipinski definition) is 2. The van der Waals surface area contributed by atoms with Gasteiger partial charge in [0.05, 0.1) is 11.8 Å². The number of aryl methyl sites for hydroxylation is 1. The Hall–Kier alpha value is -1.74. The number of benzene rings is 1. The van der Waals surface area contributed by atoms with Crippen molar-refractivity contribution in [1.29, 1.82) is 0 Å². The lowest BCUT2D eigenvalue weighted by Gasteiger charge is -2.17. The molecule has 0 aliphatic heterocycles. The van der Waals surface area contributed by atoms with Crippen molar-refractivity contribution in [3.05, 3.63) is 52.9 Å². The van der Waals surface area contributed by atoms with Gasteiger partial charge in [-0.1, -0.05) is 12.1 Å². The Kier molecular flexibility index (Phi) is 3.20. The lowest BCUT2D eigenvalue weighted by Crippen LogP contribution is -2.26. The van der Waals surface area contributed by atoms with Gasteiger partial charge in [-0.25, -0.2) is 0 Å².